The second kappa shape index (κ2) is 8.20. The zero-order valence-corrected chi connectivity index (χ0v) is 15.1. The Hall–Kier alpha value is -2.89. The van der Waals surface area contributed by atoms with Gasteiger partial charge in [0.1, 0.15) is 11.9 Å². The van der Waals surface area contributed by atoms with Gasteiger partial charge >= 0.3 is 0 Å². The Morgan fingerprint density at radius 2 is 1.67 bits per heavy atom. The largest absolute Gasteiger partial charge is 0.378 e. The summed E-state index contributed by atoms with van der Waals surface area (Å²) in [5.74, 6) is 1.39. The fourth-order valence-electron chi connectivity index (χ4n) is 3.29. The summed E-state index contributed by atoms with van der Waals surface area (Å²) in [6.45, 7) is 6.04. The van der Waals surface area contributed by atoms with Gasteiger partial charge in [-0.15, -0.1) is 0 Å². The third kappa shape index (κ3) is 4.10. The normalized spacial score (nSPS) is 17.4. The maximum Gasteiger partial charge on any atom is 0.229 e. The number of benzene rings is 1. The van der Waals surface area contributed by atoms with E-state index in [0.717, 1.165) is 43.4 Å². The maximum atomic E-state index is 9.57. The highest BCUT2D eigenvalue weighted by Crippen LogP contribution is 2.26. The van der Waals surface area contributed by atoms with Crippen molar-refractivity contribution >= 4 is 23.1 Å². The smallest absolute Gasteiger partial charge is 0.229 e. The van der Waals surface area contributed by atoms with E-state index < -0.39 is 0 Å². The van der Waals surface area contributed by atoms with E-state index in [2.05, 4.69) is 31.2 Å². The van der Waals surface area contributed by atoms with Crippen molar-refractivity contribution in [2.24, 2.45) is 0 Å². The number of hydrogen-bond donors (Lipinski definition) is 1. The molecule has 0 spiro atoms. The molecule has 4 rings (SSSR count). The van der Waals surface area contributed by atoms with Crippen LogP contribution in [0.2, 0.25) is 0 Å². The van der Waals surface area contributed by atoms with Crippen LogP contribution in [0, 0.1) is 11.3 Å². The molecule has 0 radical (unpaired) electrons. The van der Waals surface area contributed by atoms with Gasteiger partial charge in [-0.1, -0.05) is 0 Å². The molecule has 0 atom stereocenters. The molecular weight excluding hydrogens is 344 g/mol. The third-order valence-corrected chi connectivity index (χ3v) is 4.70. The zero-order chi connectivity index (χ0) is 18.5. The third-order valence-electron chi connectivity index (χ3n) is 4.70. The van der Waals surface area contributed by atoms with E-state index in [4.69, 9.17) is 9.47 Å². The predicted octanol–water partition coefficient (Wildman–Crippen LogP) is 1.77. The van der Waals surface area contributed by atoms with E-state index in [1.165, 1.54) is 0 Å². The van der Waals surface area contributed by atoms with Gasteiger partial charge in [-0.3, -0.25) is 0 Å². The fourth-order valence-corrected chi connectivity index (χ4v) is 3.29. The van der Waals surface area contributed by atoms with Crippen LogP contribution in [-0.2, 0) is 9.47 Å². The molecule has 1 aromatic carbocycles. The highest BCUT2D eigenvalue weighted by Gasteiger charge is 2.16. The number of ether oxygens (including phenoxy) is 2. The van der Waals surface area contributed by atoms with E-state index >= 15 is 0 Å². The van der Waals surface area contributed by atoms with Crippen molar-refractivity contribution in [3.63, 3.8) is 0 Å². The molecule has 1 aromatic heterocycles. The van der Waals surface area contributed by atoms with Crippen molar-refractivity contribution in [2.45, 2.75) is 0 Å². The molecule has 8 nitrogen and oxygen atoms in total. The summed E-state index contributed by atoms with van der Waals surface area (Å²) >= 11 is 0. The van der Waals surface area contributed by atoms with Gasteiger partial charge in [-0.25, -0.2) is 4.98 Å². The second-order valence-corrected chi connectivity index (χ2v) is 6.41. The van der Waals surface area contributed by atoms with Gasteiger partial charge in [0, 0.05) is 38.1 Å². The first-order chi connectivity index (χ1) is 13.3. The molecule has 2 saturated heterocycles. The zero-order valence-electron chi connectivity index (χ0n) is 15.1. The molecule has 2 aliphatic rings. The van der Waals surface area contributed by atoms with E-state index in [0.29, 0.717) is 37.9 Å². The summed E-state index contributed by atoms with van der Waals surface area (Å²) in [7, 11) is 0. The monoisotopic (exact) mass is 366 g/mol. The molecule has 0 aliphatic carbocycles. The van der Waals surface area contributed by atoms with Crippen molar-refractivity contribution in [3.05, 3.63) is 36.0 Å². The quantitative estimate of drug-likeness (QED) is 0.876. The number of rotatable bonds is 4. The SMILES string of the molecule is N#Cc1cc(Nc2nccc(N3CCOCC3)n2)ccc1N1CCOCC1. The van der Waals surface area contributed by atoms with Gasteiger partial charge in [0.15, 0.2) is 0 Å². The van der Waals surface area contributed by atoms with Crippen LogP contribution < -0.4 is 15.1 Å². The Kier molecular flexibility index (Phi) is 5.32. The highest BCUT2D eigenvalue weighted by molar-refractivity contribution is 5.68. The number of hydrogen-bond acceptors (Lipinski definition) is 8. The summed E-state index contributed by atoms with van der Waals surface area (Å²) in [5.41, 5.74) is 2.36. The van der Waals surface area contributed by atoms with Crippen molar-refractivity contribution in [1.82, 2.24) is 9.97 Å². The molecule has 0 amide bonds. The highest BCUT2D eigenvalue weighted by atomic mass is 16.5. The minimum absolute atomic E-state index is 0.516. The van der Waals surface area contributed by atoms with E-state index in [-0.39, 0.29) is 0 Å². The number of morpholine rings is 2. The first kappa shape index (κ1) is 17.5. The summed E-state index contributed by atoms with van der Waals surface area (Å²) in [6.07, 6.45) is 1.74. The van der Waals surface area contributed by atoms with Crippen molar-refractivity contribution in [3.8, 4) is 6.07 Å². The van der Waals surface area contributed by atoms with E-state index in [1.807, 2.05) is 24.3 Å². The lowest BCUT2D eigenvalue weighted by Gasteiger charge is -2.29. The van der Waals surface area contributed by atoms with Crippen LogP contribution in [0.5, 0.6) is 0 Å². The summed E-state index contributed by atoms with van der Waals surface area (Å²) in [6, 6.07) is 9.97. The molecular formula is C19H22N6O2. The summed E-state index contributed by atoms with van der Waals surface area (Å²) < 4.78 is 10.8. The molecule has 0 unspecified atom stereocenters. The lowest BCUT2D eigenvalue weighted by Crippen LogP contribution is -2.36. The number of nitrogens with one attached hydrogen (secondary N) is 1. The number of aromatic nitrogens is 2. The lowest BCUT2D eigenvalue weighted by atomic mass is 10.1. The van der Waals surface area contributed by atoms with Crippen molar-refractivity contribution in [1.29, 1.82) is 5.26 Å². The van der Waals surface area contributed by atoms with E-state index in [9.17, 15) is 5.26 Å². The van der Waals surface area contributed by atoms with Crippen LogP contribution in [0.3, 0.4) is 0 Å². The van der Waals surface area contributed by atoms with Gasteiger partial charge in [-0.2, -0.15) is 10.2 Å². The summed E-state index contributed by atoms with van der Waals surface area (Å²) in [5, 5.41) is 12.8. The Balaban J connectivity index is 1.51. The molecule has 0 saturated carbocycles. The van der Waals surface area contributed by atoms with Crippen LogP contribution in [0.15, 0.2) is 30.5 Å². The first-order valence-electron chi connectivity index (χ1n) is 9.13. The van der Waals surface area contributed by atoms with Crippen LogP contribution in [0.4, 0.5) is 23.1 Å². The average Bonchev–Trinajstić information content (AvgIpc) is 2.75. The summed E-state index contributed by atoms with van der Waals surface area (Å²) in [4.78, 5) is 13.3. The molecule has 27 heavy (non-hydrogen) atoms. The standard InChI is InChI=1S/C19H22N6O2/c20-14-15-13-16(1-2-17(15)24-5-9-26-10-6-24)22-19-21-4-3-18(23-19)25-7-11-27-12-8-25/h1-4,13H,5-12H2,(H,21,22,23). The maximum absolute atomic E-state index is 9.57. The fraction of sp³-hybridized carbons (Fsp3) is 0.421. The van der Waals surface area contributed by atoms with Gasteiger partial charge in [-0.05, 0) is 24.3 Å². The number of anilines is 4. The van der Waals surface area contributed by atoms with Crippen molar-refractivity contribution in [2.75, 3.05) is 67.7 Å². The Morgan fingerprint density at radius 1 is 0.963 bits per heavy atom. The number of nitriles is 1. The molecule has 1 N–H and O–H groups in total. The lowest BCUT2D eigenvalue weighted by molar-refractivity contribution is 0.122. The topological polar surface area (TPSA) is 86.5 Å². The van der Waals surface area contributed by atoms with Gasteiger partial charge in [0.05, 0.1) is 37.7 Å². The van der Waals surface area contributed by atoms with E-state index in [1.54, 1.807) is 6.20 Å². The van der Waals surface area contributed by atoms with Crippen LogP contribution in [0.1, 0.15) is 5.56 Å². The van der Waals surface area contributed by atoms with Crippen LogP contribution >= 0.6 is 0 Å². The number of nitrogens with zero attached hydrogens (tertiary/aromatic N) is 5. The molecule has 140 valence electrons. The molecule has 0 bridgehead atoms. The van der Waals surface area contributed by atoms with Crippen molar-refractivity contribution < 1.29 is 9.47 Å². The Morgan fingerprint density at radius 3 is 2.37 bits per heavy atom. The minimum Gasteiger partial charge on any atom is -0.378 e. The Bertz CT molecular complexity index is 825. The predicted molar refractivity (Wildman–Crippen MR) is 103 cm³/mol. The van der Waals surface area contributed by atoms with Crippen LogP contribution in [-0.4, -0.2) is 62.6 Å². The molecule has 3 heterocycles. The first-order valence-corrected chi connectivity index (χ1v) is 9.13. The second-order valence-electron chi connectivity index (χ2n) is 6.41. The molecule has 2 fully saturated rings. The molecule has 8 heteroatoms. The van der Waals surface area contributed by atoms with Gasteiger partial charge in [0.25, 0.3) is 0 Å². The Labute approximate surface area is 158 Å². The molecule has 2 aromatic rings. The minimum atomic E-state index is 0.516. The average molecular weight is 366 g/mol. The van der Waals surface area contributed by atoms with Crippen LogP contribution in [0.25, 0.3) is 0 Å². The molecule has 2 aliphatic heterocycles. The van der Waals surface area contributed by atoms with Gasteiger partial charge < -0.3 is 24.6 Å². The van der Waals surface area contributed by atoms with Gasteiger partial charge in [0.2, 0.25) is 5.95 Å².